The van der Waals surface area contributed by atoms with Gasteiger partial charge in [0.1, 0.15) is 6.54 Å². The van der Waals surface area contributed by atoms with Gasteiger partial charge in [-0.25, -0.2) is 13.9 Å². The molecule has 0 aromatic carbocycles. The maximum atomic E-state index is 12.4. The van der Waals surface area contributed by atoms with Crippen LogP contribution in [-0.2, 0) is 26.2 Å². The first-order chi connectivity index (χ1) is 9.86. The molecule has 0 radical (unpaired) electrons. The number of pyridine rings is 1. The number of nitrogens with one attached hydrogen (secondary N) is 1. The molecule has 0 unspecified atom stereocenters. The topological polar surface area (TPSA) is 97.7 Å². The van der Waals surface area contributed by atoms with Crippen LogP contribution in [0.5, 0.6) is 0 Å². The Morgan fingerprint density at radius 1 is 1.33 bits per heavy atom. The number of carbonyl (C=O) groups is 1. The van der Waals surface area contributed by atoms with Crippen LogP contribution in [0.25, 0.3) is 0 Å². The molecule has 0 atom stereocenters. The highest BCUT2D eigenvalue weighted by molar-refractivity contribution is 7.89. The Hall–Kier alpha value is -1.71. The van der Waals surface area contributed by atoms with Crippen molar-refractivity contribution in [3.05, 3.63) is 28.7 Å². The van der Waals surface area contributed by atoms with E-state index in [1.807, 2.05) is 0 Å². The van der Waals surface area contributed by atoms with Gasteiger partial charge in [0.05, 0.1) is 12.0 Å². The number of carbonyl (C=O) groups excluding carboxylic acids is 1. The van der Waals surface area contributed by atoms with Crippen molar-refractivity contribution in [3.8, 4) is 0 Å². The van der Waals surface area contributed by atoms with Crippen LogP contribution in [0.15, 0.2) is 28.0 Å². The quantitative estimate of drug-likeness (QED) is 0.687. The summed E-state index contributed by atoms with van der Waals surface area (Å²) in [4.78, 5) is 27.5. The van der Waals surface area contributed by atoms with Crippen molar-refractivity contribution in [1.29, 1.82) is 0 Å². The summed E-state index contributed by atoms with van der Waals surface area (Å²) in [5.41, 5.74) is 1.59. The molecule has 0 saturated carbocycles. The molecule has 0 bridgehead atoms. The van der Waals surface area contributed by atoms with Gasteiger partial charge in [0, 0.05) is 25.4 Å². The predicted octanol–water partition coefficient (Wildman–Crippen LogP) is -0.444. The van der Waals surface area contributed by atoms with Crippen molar-refractivity contribution in [1.82, 2.24) is 14.4 Å². The van der Waals surface area contributed by atoms with Gasteiger partial charge in [0.2, 0.25) is 10.0 Å². The summed E-state index contributed by atoms with van der Waals surface area (Å²) in [6.45, 7) is 3.77. The molecule has 8 nitrogen and oxygen atoms in total. The van der Waals surface area contributed by atoms with E-state index < -0.39 is 21.5 Å². The molecule has 0 aliphatic carbocycles. The predicted molar refractivity (Wildman–Crippen MR) is 76.0 cm³/mol. The van der Waals surface area contributed by atoms with Crippen LogP contribution >= 0.6 is 0 Å². The lowest BCUT2D eigenvalue weighted by Gasteiger charge is -2.18. The molecule has 1 heterocycles. The zero-order chi connectivity index (χ0) is 16.0. The SMILES string of the molecule is CCN(CC)S(=O)(=O)c1ccc(=O)n(CC(=O)NOC)c1. The fourth-order valence-corrected chi connectivity index (χ4v) is 3.28. The molecular formula is C12H19N3O5S. The number of rotatable bonds is 7. The number of aromatic nitrogens is 1. The Kier molecular flexibility index (Phi) is 6.06. The highest BCUT2D eigenvalue weighted by atomic mass is 32.2. The lowest BCUT2D eigenvalue weighted by Crippen LogP contribution is -2.34. The molecular weight excluding hydrogens is 298 g/mol. The minimum Gasteiger partial charge on any atom is -0.305 e. The molecule has 0 aliphatic rings. The van der Waals surface area contributed by atoms with E-state index in [4.69, 9.17) is 0 Å². The highest BCUT2D eigenvalue weighted by Gasteiger charge is 2.22. The zero-order valence-corrected chi connectivity index (χ0v) is 13.0. The summed E-state index contributed by atoms with van der Waals surface area (Å²) in [6, 6.07) is 2.36. The first-order valence-corrected chi connectivity index (χ1v) is 7.83. The van der Waals surface area contributed by atoms with Crippen LogP contribution in [0.4, 0.5) is 0 Å². The molecule has 1 amide bonds. The molecule has 118 valence electrons. The van der Waals surface area contributed by atoms with Crippen molar-refractivity contribution in [2.24, 2.45) is 0 Å². The summed E-state index contributed by atoms with van der Waals surface area (Å²) in [5.74, 6) is -0.558. The zero-order valence-electron chi connectivity index (χ0n) is 12.2. The molecule has 1 aromatic rings. The normalized spacial score (nSPS) is 11.6. The molecule has 1 aromatic heterocycles. The van der Waals surface area contributed by atoms with Gasteiger partial charge >= 0.3 is 0 Å². The van der Waals surface area contributed by atoms with Crippen molar-refractivity contribution in [2.45, 2.75) is 25.3 Å². The maximum Gasteiger partial charge on any atom is 0.263 e. The summed E-state index contributed by atoms with van der Waals surface area (Å²) >= 11 is 0. The summed E-state index contributed by atoms with van der Waals surface area (Å²) in [5, 5.41) is 0. The summed E-state index contributed by atoms with van der Waals surface area (Å²) in [6.07, 6.45) is 1.16. The van der Waals surface area contributed by atoms with Crippen LogP contribution < -0.4 is 11.0 Å². The molecule has 1 rings (SSSR count). The third kappa shape index (κ3) is 4.13. The molecule has 9 heteroatoms. The van der Waals surface area contributed by atoms with E-state index in [9.17, 15) is 18.0 Å². The van der Waals surface area contributed by atoms with Crippen molar-refractivity contribution >= 4 is 15.9 Å². The van der Waals surface area contributed by atoms with Gasteiger partial charge < -0.3 is 4.57 Å². The Balaban J connectivity index is 3.18. The van der Waals surface area contributed by atoms with Crippen LogP contribution in [0.3, 0.4) is 0 Å². The smallest absolute Gasteiger partial charge is 0.263 e. The first-order valence-electron chi connectivity index (χ1n) is 6.39. The fraction of sp³-hybridized carbons (Fsp3) is 0.500. The van der Waals surface area contributed by atoms with Gasteiger partial charge in [-0.3, -0.25) is 14.4 Å². The van der Waals surface area contributed by atoms with Crippen molar-refractivity contribution in [3.63, 3.8) is 0 Å². The molecule has 1 N–H and O–H groups in total. The van der Waals surface area contributed by atoms with Crippen LogP contribution in [0, 0.1) is 0 Å². The summed E-state index contributed by atoms with van der Waals surface area (Å²) < 4.78 is 27.0. The standard InChI is InChI=1S/C12H19N3O5S/c1-4-15(5-2)21(18,19)10-6-7-12(17)14(8-10)9-11(16)13-20-3/h6-8H,4-5,9H2,1-3H3,(H,13,16). The van der Waals surface area contributed by atoms with Crippen LogP contribution in [0.1, 0.15) is 13.8 Å². The molecule has 21 heavy (non-hydrogen) atoms. The Bertz CT molecular complexity index is 649. The first kappa shape index (κ1) is 17.3. The number of amides is 1. The van der Waals surface area contributed by atoms with Crippen LogP contribution in [0.2, 0.25) is 0 Å². The third-order valence-electron chi connectivity index (χ3n) is 2.83. The van der Waals surface area contributed by atoms with E-state index in [1.165, 1.54) is 17.5 Å². The largest absolute Gasteiger partial charge is 0.305 e. The van der Waals surface area contributed by atoms with Gasteiger partial charge in [-0.2, -0.15) is 4.31 Å². The lowest BCUT2D eigenvalue weighted by atomic mass is 10.4. The average Bonchev–Trinajstić information content (AvgIpc) is 2.42. The fourth-order valence-electron chi connectivity index (χ4n) is 1.80. The minimum absolute atomic E-state index is 0.0315. The highest BCUT2D eigenvalue weighted by Crippen LogP contribution is 2.13. The van der Waals surface area contributed by atoms with E-state index in [1.54, 1.807) is 13.8 Å². The maximum absolute atomic E-state index is 12.4. The van der Waals surface area contributed by atoms with E-state index >= 15 is 0 Å². The van der Waals surface area contributed by atoms with Gasteiger partial charge in [-0.1, -0.05) is 13.8 Å². The van der Waals surface area contributed by atoms with Gasteiger partial charge in [-0.15, -0.1) is 0 Å². The van der Waals surface area contributed by atoms with E-state index in [2.05, 4.69) is 10.3 Å². The Morgan fingerprint density at radius 3 is 2.48 bits per heavy atom. The Labute approximate surface area is 123 Å². The van der Waals surface area contributed by atoms with Crippen LogP contribution in [-0.4, -0.2) is 43.4 Å². The molecule has 0 fully saturated rings. The van der Waals surface area contributed by atoms with E-state index in [0.717, 1.165) is 16.8 Å². The number of nitrogens with zero attached hydrogens (tertiary/aromatic N) is 2. The summed E-state index contributed by atoms with van der Waals surface area (Å²) in [7, 11) is -2.41. The number of hydrogen-bond acceptors (Lipinski definition) is 5. The average molecular weight is 317 g/mol. The second-order valence-corrected chi connectivity index (χ2v) is 6.09. The van der Waals surface area contributed by atoms with Crippen molar-refractivity contribution < 1.29 is 18.0 Å². The molecule has 0 spiro atoms. The minimum atomic E-state index is -3.68. The van der Waals surface area contributed by atoms with Crippen molar-refractivity contribution in [2.75, 3.05) is 20.2 Å². The molecule has 0 aliphatic heterocycles. The number of sulfonamides is 1. The van der Waals surface area contributed by atoms with Gasteiger partial charge in [0.25, 0.3) is 11.5 Å². The van der Waals surface area contributed by atoms with E-state index in [-0.39, 0.29) is 11.4 Å². The van der Waals surface area contributed by atoms with E-state index in [0.29, 0.717) is 13.1 Å². The van der Waals surface area contributed by atoms with Gasteiger partial charge in [0.15, 0.2) is 0 Å². The number of hydroxylamine groups is 1. The molecule has 0 saturated heterocycles. The number of hydrogen-bond donors (Lipinski definition) is 1. The Morgan fingerprint density at radius 2 is 1.95 bits per heavy atom. The second-order valence-electron chi connectivity index (χ2n) is 4.15. The van der Waals surface area contributed by atoms with Gasteiger partial charge in [-0.05, 0) is 6.07 Å². The monoisotopic (exact) mass is 317 g/mol. The second kappa shape index (κ2) is 7.34. The third-order valence-corrected chi connectivity index (χ3v) is 4.86. The lowest BCUT2D eigenvalue weighted by molar-refractivity contribution is -0.131.